The van der Waals surface area contributed by atoms with Gasteiger partial charge in [-0.3, -0.25) is 9.59 Å². The van der Waals surface area contributed by atoms with Crippen LogP contribution in [-0.2, 0) is 33.0 Å². The van der Waals surface area contributed by atoms with Crippen molar-refractivity contribution in [3.63, 3.8) is 0 Å². The Balaban J connectivity index is 1.52. The highest BCUT2D eigenvalue weighted by atomic mass is 32.2. The molecule has 0 spiro atoms. The van der Waals surface area contributed by atoms with Crippen LogP contribution in [0.5, 0.6) is 0 Å². The molecule has 3 atom stereocenters. The summed E-state index contributed by atoms with van der Waals surface area (Å²) in [6.45, 7) is 0. The van der Waals surface area contributed by atoms with Crippen molar-refractivity contribution in [2.75, 3.05) is 11.1 Å². The standard InChI is InChI=1S/C34H35N3O4S/c38-32(36-30(34(40)41)24-42-23-27-16-8-3-9-17-27)28(20-25-12-4-1-5-13-25)22-29(21-26-14-6-2-7-15-26)33(39)37-31-18-10-11-19-35-31/h1-19,28-30H,20-24H2,(H,36,38)(H,40,41)(H,35,37,39)/t28-,29-,30+/m1/s1. The number of carboxylic acids is 1. The Bertz CT molecular complexity index is 1410. The number of carbonyl (C=O) groups is 3. The first-order valence-electron chi connectivity index (χ1n) is 13.9. The van der Waals surface area contributed by atoms with E-state index in [0.717, 1.165) is 16.7 Å². The second-order valence-corrected chi connectivity index (χ2v) is 11.1. The number of nitrogens with one attached hydrogen (secondary N) is 2. The lowest BCUT2D eigenvalue weighted by molar-refractivity contribution is -0.142. The number of carboxylic acid groups (broad SMARTS) is 1. The maximum absolute atomic E-state index is 13.7. The van der Waals surface area contributed by atoms with Crippen LogP contribution in [0.1, 0.15) is 23.1 Å². The quantitative estimate of drug-likeness (QED) is 0.168. The summed E-state index contributed by atoms with van der Waals surface area (Å²) in [5.74, 6) is -1.59. The minimum Gasteiger partial charge on any atom is -0.480 e. The molecule has 4 rings (SSSR count). The van der Waals surface area contributed by atoms with Gasteiger partial charge in [0.25, 0.3) is 0 Å². The third-order valence-corrected chi connectivity index (χ3v) is 7.99. The molecule has 3 N–H and O–H groups in total. The van der Waals surface area contributed by atoms with Gasteiger partial charge in [-0.15, -0.1) is 0 Å². The molecule has 0 unspecified atom stereocenters. The van der Waals surface area contributed by atoms with Gasteiger partial charge in [0, 0.05) is 29.5 Å². The number of anilines is 1. The van der Waals surface area contributed by atoms with Crippen LogP contribution in [-0.4, -0.2) is 39.7 Å². The van der Waals surface area contributed by atoms with Gasteiger partial charge in [-0.2, -0.15) is 11.8 Å². The van der Waals surface area contributed by atoms with Gasteiger partial charge >= 0.3 is 5.97 Å². The second kappa shape index (κ2) is 16.1. The first-order valence-corrected chi connectivity index (χ1v) is 15.1. The number of rotatable bonds is 15. The van der Waals surface area contributed by atoms with E-state index < -0.39 is 23.8 Å². The average Bonchev–Trinajstić information content (AvgIpc) is 3.01. The summed E-state index contributed by atoms with van der Waals surface area (Å²) >= 11 is 1.46. The van der Waals surface area contributed by atoms with Crippen LogP contribution in [0.25, 0.3) is 0 Å². The van der Waals surface area contributed by atoms with E-state index in [1.807, 2.05) is 91.0 Å². The number of pyridine rings is 1. The predicted octanol–water partition coefficient (Wildman–Crippen LogP) is 5.63. The third kappa shape index (κ3) is 9.89. The molecule has 0 fully saturated rings. The summed E-state index contributed by atoms with van der Waals surface area (Å²) in [5, 5.41) is 15.6. The minimum absolute atomic E-state index is 0.224. The van der Waals surface area contributed by atoms with Crippen molar-refractivity contribution in [3.05, 3.63) is 132 Å². The van der Waals surface area contributed by atoms with Gasteiger partial charge in [-0.1, -0.05) is 97.1 Å². The molecular weight excluding hydrogens is 546 g/mol. The van der Waals surface area contributed by atoms with E-state index in [4.69, 9.17) is 0 Å². The lowest BCUT2D eigenvalue weighted by Gasteiger charge is -2.25. The molecule has 1 heterocycles. The van der Waals surface area contributed by atoms with Crippen LogP contribution < -0.4 is 10.6 Å². The number of aliphatic carboxylic acids is 1. The molecule has 2 amide bonds. The van der Waals surface area contributed by atoms with E-state index in [0.29, 0.717) is 24.4 Å². The van der Waals surface area contributed by atoms with Gasteiger partial charge < -0.3 is 15.7 Å². The van der Waals surface area contributed by atoms with Crippen molar-refractivity contribution in [2.24, 2.45) is 11.8 Å². The fraction of sp³-hybridized carbons (Fsp3) is 0.235. The summed E-state index contributed by atoms with van der Waals surface area (Å²) in [5.41, 5.74) is 2.99. The molecule has 0 saturated carbocycles. The van der Waals surface area contributed by atoms with E-state index in [2.05, 4.69) is 15.6 Å². The highest BCUT2D eigenvalue weighted by Crippen LogP contribution is 2.24. The molecular formula is C34H35N3O4S. The van der Waals surface area contributed by atoms with Gasteiger partial charge in [0.2, 0.25) is 11.8 Å². The van der Waals surface area contributed by atoms with Gasteiger partial charge in [0.05, 0.1) is 0 Å². The zero-order valence-corrected chi connectivity index (χ0v) is 24.1. The SMILES string of the molecule is O=C(Nc1ccccn1)[C@H](Cc1ccccc1)C[C@@H](Cc1ccccc1)C(=O)N[C@@H](CSCc1ccccc1)C(=O)O. The maximum atomic E-state index is 13.7. The molecule has 0 aliphatic rings. The van der Waals surface area contributed by atoms with E-state index in [9.17, 15) is 19.5 Å². The van der Waals surface area contributed by atoms with Crippen LogP contribution >= 0.6 is 11.8 Å². The van der Waals surface area contributed by atoms with Crippen LogP contribution in [0.4, 0.5) is 5.82 Å². The highest BCUT2D eigenvalue weighted by molar-refractivity contribution is 7.98. The van der Waals surface area contributed by atoms with Crippen LogP contribution in [0.15, 0.2) is 115 Å². The summed E-state index contributed by atoms with van der Waals surface area (Å²) in [6.07, 6.45) is 2.64. The number of hydrogen-bond donors (Lipinski definition) is 3. The van der Waals surface area contributed by atoms with Gasteiger partial charge in [0.15, 0.2) is 0 Å². The summed E-state index contributed by atoms with van der Waals surface area (Å²) in [7, 11) is 0. The molecule has 0 aliphatic heterocycles. The Hall–Kier alpha value is -4.43. The maximum Gasteiger partial charge on any atom is 0.327 e. The van der Waals surface area contributed by atoms with Gasteiger partial charge in [-0.05, 0) is 48.1 Å². The number of carbonyl (C=O) groups excluding carboxylic acids is 2. The van der Waals surface area contributed by atoms with Gasteiger partial charge in [-0.25, -0.2) is 9.78 Å². The number of thioether (sulfide) groups is 1. The average molecular weight is 582 g/mol. The van der Waals surface area contributed by atoms with Crippen LogP contribution in [0.3, 0.4) is 0 Å². The van der Waals surface area contributed by atoms with Crippen molar-refractivity contribution in [3.8, 4) is 0 Å². The Morgan fingerprint density at radius 1 is 0.690 bits per heavy atom. The van der Waals surface area contributed by atoms with E-state index in [1.54, 1.807) is 24.4 Å². The fourth-order valence-corrected chi connectivity index (χ4v) is 5.71. The van der Waals surface area contributed by atoms with Crippen molar-refractivity contribution in [2.45, 2.75) is 31.1 Å². The summed E-state index contributed by atoms with van der Waals surface area (Å²) < 4.78 is 0. The zero-order chi connectivity index (χ0) is 29.6. The van der Waals surface area contributed by atoms with Crippen molar-refractivity contribution in [1.82, 2.24) is 10.3 Å². The summed E-state index contributed by atoms with van der Waals surface area (Å²) in [4.78, 5) is 43.6. The molecule has 216 valence electrons. The Morgan fingerprint density at radius 3 is 1.74 bits per heavy atom. The number of nitrogens with zero attached hydrogens (tertiary/aromatic N) is 1. The van der Waals surface area contributed by atoms with Crippen LogP contribution in [0, 0.1) is 11.8 Å². The Morgan fingerprint density at radius 2 is 1.21 bits per heavy atom. The number of aromatic nitrogens is 1. The van der Waals surface area contributed by atoms with Crippen molar-refractivity contribution < 1.29 is 19.5 Å². The number of amides is 2. The topological polar surface area (TPSA) is 108 Å². The lowest BCUT2D eigenvalue weighted by atomic mass is 9.84. The molecule has 4 aromatic rings. The second-order valence-electron chi connectivity index (χ2n) is 10.1. The minimum atomic E-state index is -1.09. The van der Waals surface area contributed by atoms with Crippen molar-refractivity contribution in [1.29, 1.82) is 0 Å². The lowest BCUT2D eigenvalue weighted by Crippen LogP contribution is -2.46. The van der Waals surface area contributed by atoms with E-state index in [1.165, 1.54) is 11.8 Å². The largest absolute Gasteiger partial charge is 0.480 e. The molecule has 8 heteroatoms. The fourth-order valence-electron chi connectivity index (χ4n) is 4.70. The third-order valence-electron chi connectivity index (χ3n) is 6.89. The molecule has 42 heavy (non-hydrogen) atoms. The molecule has 0 bridgehead atoms. The zero-order valence-electron chi connectivity index (χ0n) is 23.3. The molecule has 0 saturated heterocycles. The van der Waals surface area contributed by atoms with Gasteiger partial charge in [0.1, 0.15) is 11.9 Å². The summed E-state index contributed by atoms with van der Waals surface area (Å²) in [6, 6.07) is 33.3. The molecule has 3 aromatic carbocycles. The van der Waals surface area contributed by atoms with Crippen molar-refractivity contribution >= 4 is 35.4 Å². The Kier molecular flexibility index (Phi) is 11.7. The Labute approximate surface area is 250 Å². The van der Waals surface area contributed by atoms with E-state index in [-0.39, 0.29) is 24.0 Å². The van der Waals surface area contributed by atoms with E-state index >= 15 is 0 Å². The molecule has 0 radical (unpaired) electrons. The highest BCUT2D eigenvalue weighted by Gasteiger charge is 2.31. The number of benzene rings is 3. The monoisotopic (exact) mass is 581 g/mol. The molecule has 0 aliphatic carbocycles. The smallest absolute Gasteiger partial charge is 0.327 e. The molecule has 7 nitrogen and oxygen atoms in total. The first kappa shape index (κ1) is 30.5. The first-order chi connectivity index (χ1) is 20.5. The van der Waals surface area contributed by atoms with Crippen LogP contribution in [0.2, 0.25) is 0 Å². The normalized spacial score (nSPS) is 13.0. The number of hydrogen-bond acceptors (Lipinski definition) is 5. The molecule has 1 aromatic heterocycles. The predicted molar refractivity (Wildman–Crippen MR) is 167 cm³/mol.